The van der Waals surface area contributed by atoms with E-state index in [-0.39, 0.29) is 30.9 Å². The minimum Gasteiger partial charge on any atom is -0.494 e. The van der Waals surface area contributed by atoms with E-state index in [0.717, 1.165) is 50.4 Å². The number of rotatable bonds is 9. The van der Waals surface area contributed by atoms with Gasteiger partial charge in [-0.3, -0.25) is 14.4 Å². The van der Waals surface area contributed by atoms with Gasteiger partial charge in [0.05, 0.1) is 25.2 Å². The summed E-state index contributed by atoms with van der Waals surface area (Å²) in [6.07, 6.45) is 12.0. The van der Waals surface area contributed by atoms with Crippen molar-refractivity contribution in [2.75, 3.05) is 6.61 Å². The molecule has 0 saturated heterocycles. The Labute approximate surface area is 233 Å². The van der Waals surface area contributed by atoms with Gasteiger partial charge < -0.3 is 19.3 Å². The topological polar surface area (TPSA) is 99.1 Å². The monoisotopic (exact) mass is 544 g/mol. The maximum absolute atomic E-state index is 12.2. The molecule has 5 aliphatic rings. The van der Waals surface area contributed by atoms with Crippen LogP contribution in [-0.2, 0) is 28.6 Å². The predicted octanol–water partition coefficient (Wildman–Crippen LogP) is 6.44. The Balaban J connectivity index is 1.20. The van der Waals surface area contributed by atoms with Crippen LogP contribution in [0.1, 0.15) is 111 Å². The third-order valence-electron chi connectivity index (χ3n) is 11.8. The third-order valence-corrected chi connectivity index (χ3v) is 11.8. The first-order valence-electron chi connectivity index (χ1n) is 15.4. The van der Waals surface area contributed by atoms with E-state index in [1.165, 1.54) is 50.4 Å². The van der Waals surface area contributed by atoms with E-state index in [1.807, 2.05) is 0 Å². The van der Waals surface area contributed by atoms with Crippen LogP contribution in [0, 0.1) is 40.4 Å². The summed E-state index contributed by atoms with van der Waals surface area (Å²) in [5.41, 5.74) is 2.07. The van der Waals surface area contributed by atoms with Gasteiger partial charge in [0.15, 0.2) is 0 Å². The molecule has 0 aromatic rings. The highest BCUT2D eigenvalue weighted by atomic mass is 16.5. The average molecular weight is 545 g/mol. The van der Waals surface area contributed by atoms with Crippen molar-refractivity contribution in [3.63, 3.8) is 0 Å². The number of carbonyl (C=O) groups excluding carboxylic acids is 2. The van der Waals surface area contributed by atoms with Crippen LogP contribution in [0.3, 0.4) is 0 Å². The predicted molar refractivity (Wildman–Crippen MR) is 145 cm³/mol. The maximum Gasteiger partial charge on any atom is 0.306 e. The molecule has 0 bridgehead atoms. The second-order valence-electron chi connectivity index (χ2n) is 13.8. The number of carboxylic acid groups (broad SMARTS) is 1. The molecule has 0 spiro atoms. The molecule has 4 saturated carbocycles. The fourth-order valence-corrected chi connectivity index (χ4v) is 9.97. The molecule has 9 atom stereocenters. The average Bonchev–Trinajstić information content (AvgIpc) is 3.35. The molecule has 0 amide bonds. The second kappa shape index (κ2) is 11.1. The number of carboxylic acids is 1. The van der Waals surface area contributed by atoms with Gasteiger partial charge in [0, 0.05) is 19.3 Å². The number of esters is 2. The lowest BCUT2D eigenvalue weighted by Gasteiger charge is -2.61. The normalized spacial score (nSPS) is 40.6. The SMILES string of the molecule is CC(=O)OCCCCC1=C(C)[C@@H]2[C@@H](C[C@H]3[C@H]4CC[C@H]5C[C@@H](OC(=O)CCC(=O)O)CC[C@]5(C)[C@@H]4CC[C@]23C)O1. The van der Waals surface area contributed by atoms with Gasteiger partial charge in [-0.05, 0) is 111 Å². The zero-order chi connectivity index (χ0) is 27.9. The van der Waals surface area contributed by atoms with Crippen LogP contribution in [-0.4, -0.2) is 41.8 Å². The highest BCUT2D eigenvalue weighted by molar-refractivity contribution is 5.76. The number of aliphatic carboxylic acids is 1. The van der Waals surface area contributed by atoms with Crippen molar-refractivity contribution in [1.82, 2.24) is 0 Å². The number of fused-ring (bicyclic) bond motifs is 7. The molecular formula is C32H48O7. The van der Waals surface area contributed by atoms with Crippen molar-refractivity contribution < 1.29 is 33.7 Å². The molecule has 0 radical (unpaired) electrons. The Bertz CT molecular complexity index is 1000. The Kier molecular flexibility index (Phi) is 8.09. The van der Waals surface area contributed by atoms with Gasteiger partial charge in [0.1, 0.15) is 12.2 Å². The molecule has 39 heavy (non-hydrogen) atoms. The van der Waals surface area contributed by atoms with Crippen molar-refractivity contribution in [2.45, 2.75) is 123 Å². The van der Waals surface area contributed by atoms with E-state index in [1.54, 1.807) is 0 Å². The molecule has 218 valence electrons. The van der Waals surface area contributed by atoms with E-state index in [4.69, 9.17) is 19.3 Å². The standard InChI is InChI=1S/C32H48O7/c1-19-26(7-5-6-16-37-20(2)33)39-27-18-25-23-9-8-21-17-22(38-29(36)11-10-28(34)35)12-14-31(21,3)24(23)13-15-32(25,4)30(19)27/h21-25,27,30H,5-18H2,1-4H3,(H,34,35)/t21-,22-,23-,24+,25-,27+,30+,31-,32-/m0/s1. The van der Waals surface area contributed by atoms with E-state index in [9.17, 15) is 14.4 Å². The summed E-state index contributed by atoms with van der Waals surface area (Å²) in [7, 11) is 0. The lowest BCUT2D eigenvalue weighted by molar-refractivity contribution is -0.163. The van der Waals surface area contributed by atoms with Crippen molar-refractivity contribution in [1.29, 1.82) is 0 Å². The minimum atomic E-state index is -0.953. The Morgan fingerprint density at radius 1 is 0.974 bits per heavy atom. The Morgan fingerprint density at radius 2 is 1.74 bits per heavy atom. The first-order chi connectivity index (χ1) is 18.5. The Hall–Kier alpha value is -2.05. The summed E-state index contributed by atoms with van der Waals surface area (Å²) in [5.74, 6) is 2.94. The van der Waals surface area contributed by atoms with E-state index >= 15 is 0 Å². The first-order valence-corrected chi connectivity index (χ1v) is 15.4. The molecule has 0 aromatic heterocycles. The quantitative estimate of drug-likeness (QED) is 0.263. The van der Waals surface area contributed by atoms with Crippen LogP contribution in [0.2, 0.25) is 0 Å². The molecular weight excluding hydrogens is 496 g/mol. The van der Waals surface area contributed by atoms with Crippen LogP contribution in [0.25, 0.3) is 0 Å². The first kappa shape index (κ1) is 28.5. The lowest BCUT2D eigenvalue weighted by Crippen LogP contribution is -2.54. The van der Waals surface area contributed by atoms with Gasteiger partial charge >= 0.3 is 17.9 Å². The van der Waals surface area contributed by atoms with Gasteiger partial charge in [0.2, 0.25) is 0 Å². The summed E-state index contributed by atoms with van der Waals surface area (Å²) in [5, 5.41) is 8.87. The maximum atomic E-state index is 12.2. The number of allylic oxidation sites excluding steroid dienone is 1. The van der Waals surface area contributed by atoms with Crippen molar-refractivity contribution in [3.8, 4) is 0 Å². The lowest BCUT2D eigenvalue weighted by atomic mass is 9.44. The number of unbranched alkanes of at least 4 members (excludes halogenated alkanes) is 1. The van der Waals surface area contributed by atoms with Crippen LogP contribution < -0.4 is 0 Å². The molecule has 7 heteroatoms. The van der Waals surface area contributed by atoms with E-state index in [0.29, 0.717) is 41.3 Å². The van der Waals surface area contributed by atoms with E-state index < -0.39 is 5.97 Å². The van der Waals surface area contributed by atoms with Crippen LogP contribution in [0.4, 0.5) is 0 Å². The van der Waals surface area contributed by atoms with Crippen molar-refractivity contribution in [2.24, 2.45) is 40.4 Å². The fraction of sp³-hybridized carbons (Fsp3) is 0.844. The summed E-state index contributed by atoms with van der Waals surface area (Å²) in [6, 6.07) is 0. The van der Waals surface area contributed by atoms with E-state index in [2.05, 4.69) is 20.8 Å². The van der Waals surface area contributed by atoms with Crippen LogP contribution >= 0.6 is 0 Å². The summed E-state index contributed by atoms with van der Waals surface area (Å²) >= 11 is 0. The van der Waals surface area contributed by atoms with Crippen molar-refractivity contribution in [3.05, 3.63) is 11.3 Å². The molecule has 5 rings (SSSR count). The van der Waals surface area contributed by atoms with Gasteiger partial charge in [-0.25, -0.2) is 0 Å². The molecule has 0 aromatic carbocycles. The number of hydrogen-bond acceptors (Lipinski definition) is 6. The van der Waals surface area contributed by atoms with Gasteiger partial charge in [-0.15, -0.1) is 0 Å². The fourth-order valence-electron chi connectivity index (χ4n) is 9.97. The highest BCUT2D eigenvalue weighted by Crippen LogP contribution is 2.69. The molecule has 1 N–H and O–H groups in total. The summed E-state index contributed by atoms with van der Waals surface area (Å²) in [4.78, 5) is 34.0. The Morgan fingerprint density at radius 3 is 2.49 bits per heavy atom. The zero-order valence-electron chi connectivity index (χ0n) is 24.3. The summed E-state index contributed by atoms with van der Waals surface area (Å²) < 4.78 is 17.5. The van der Waals surface area contributed by atoms with Gasteiger partial charge in [0.25, 0.3) is 0 Å². The molecule has 1 aliphatic heterocycles. The van der Waals surface area contributed by atoms with Gasteiger partial charge in [-0.2, -0.15) is 0 Å². The molecule has 0 unspecified atom stereocenters. The summed E-state index contributed by atoms with van der Waals surface area (Å²) in [6.45, 7) is 9.33. The largest absolute Gasteiger partial charge is 0.494 e. The van der Waals surface area contributed by atoms with Gasteiger partial charge in [-0.1, -0.05) is 13.8 Å². The molecule has 4 fully saturated rings. The minimum absolute atomic E-state index is 0.0347. The van der Waals surface area contributed by atoms with Crippen LogP contribution in [0.15, 0.2) is 11.3 Å². The number of carbonyl (C=O) groups is 3. The number of ether oxygens (including phenoxy) is 3. The molecule has 4 aliphatic carbocycles. The van der Waals surface area contributed by atoms with Crippen LogP contribution in [0.5, 0.6) is 0 Å². The molecule has 1 heterocycles. The zero-order valence-corrected chi connectivity index (χ0v) is 24.3. The smallest absolute Gasteiger partial charge is 0.306 e. The number of hydrogen-bond donors (Lipinski definition) is 1. The second-order valence-corrected chi connectivity index (χ2v) is 13.8. The molecule has 7 nitrogen and oxygen atoms in total. The van der Waals surface area contributed by atoms with Crippen molar-refractivity contribution >= 4 is 17.9 Å². The highest BCUT2D eigenvalue weighted by Gasteiger charge is 2.64. The third kappa shape index (κ3) is 5.36.